The highest BCUT2D eigenvalue weighted by molar-refractivity contribution is 6.06. The Bertz CT molecular complexity index is 989. The third kappa shape index (κ3) is 4.43. The van der Waals surface area contributed by atoms with Crippen molar-refractivity contribution in [3.05, 3.63) is 41.8 Å². The average molecular weight is 395 g/mol. The fourth-order valence-corrected chi connectivity index (χ4v) is 4.12. The number of furan rings is 1. The number of pyridine rings is 1. The summed E-state index contributed by atoms with van der Waals surface area (Å²) in [6.45, 7) is 11.6. The van der Waals surface area contributed by atoms with Gasteiger partial charge in [0.2, 0.25) is 0 Å². The summed E-state index contributed by atoms with van der Waals surface area (Å²) in [6, 6.07) is 9.68. The first-order valence-electron chi connectivity index (χ1n) is 10.7. The summed E-state index contributed by atoms with van der Waals surface area (Å²) < 4.78 is 5.94. The predicted molar refractivity (Wildman–Crippen MR) is 116 cm³/mol. The zero-order valence-electron chi connectivity index (χ0n) is 17.4. The van der Waals surface area contributed by atoms with Crippen molar-refractivity contribution < 1.29 is 9.21 Å². The van der Waals surface area contributed by atoms with Crippen molar-refractivity contribution >= 4 is 27.8 Å². The molecule has 0 saturated carbocycles. The van der Waals surface area contributed by atoms with Gasteiger partial charge in [0.1, 0.15) is 5.58 Å². The molecule has 3 heterocycles. The van der Waals surface area contributed by atoms with Gasteiger partial charge in [0.05, 0.1) is 5.52 Å². The summed E-state index contributed by atoms with van der Waals surface area (Å²) in [7, 11) is 0. The van der Waals surface area contributed by atoms with E-state index in [0.717, 1.165) is 66.7 Å². The van der Waals surface area contributed by atoms with E-state index in [2.05, 4.69) is 27.0 Å². The molecule has 1 saturated heterocycles. The Labute approximate surface area is 171 Å². The van der Waals surface area contributed by atoms with E-state index in [4.69, 9.17) is 4.42 Å². The standard InChI is InChI=1S/C23H30N4O2/c1-3-10-26-12-14-27(15-13-26)11-6-9-24-23(28)21-16-19-17(2)25-20-8-5-4-7-18(20)22(19)29-21/h4-5,7-8,16H,3,6,9-15H2,1-2H3,(H,24,28). The van der Waals surface area contributed by atoms with Gasteiger partial charge in [0, 0.05) is 49.2 Å². The van der Waals surface area contributed by atoms with Gasteiger partial charge in [-0.05, 0) is 51.1 Å². The molecular weight excluding hydrogens is 364 g/mol. The van der Waals surface area contributed by atoms with Crippen molar-refractivity contribution in [3.63, 3.8) is 0 Å². The lowest BCUT2D eigenvalue weighted by Crippen LogP contribution is -2.47. The Morgan fingerprint density at radius 1 is 1.10 bits per heavy atom. The first kappa shape index (κ1) is 19.9. The molecule has 0 aliphatic carbocycles. The first-order chi connectivity index (χ1) is 14.2. The number of piperazine rings is 1. The molecule has 154 valence electrons. The van der Waals surface area contributed by atoms with Crippen molar-refractivity contribution in [3.8, 4) is 0 Å². The summed E-state index contributed by atoms with van der Waals surface area (Å²) in [6.07, 6.45) is 2.17. The third-order valence-electron chi connectivity index (χ3n) is 5.72. The van der Waals surface area contributed by atoms with Crippen molar-refractivity contribution in [2.24, 2.45) is 0 Å². The van der Waals surface area contributed by atoms with Crippen LogP contribution in [0, 0.1) is 6.92 Å². The van der Waals surface area contributed by atoms with Gasteiger partial charge >= 0.3 is 0 Å². The van der Waals surface area contributed by atoms with Crippen LogP contribution in [0.4, 0.5) is 0 Å². The summed E-state index contributed by atoms with van der Waals surface area (Å²) in [5.74, 6) is 0.201. The van der Waals surface area contributed by atoms with Gasteiger partial charge in [0.25, 0.3) is 5.91 Å². The van der Waals surface area contributed by atoms with Gasteiger partial charge in [-0.25, -0.2) is 0 Å². The van der Waals surface area contributed by atoms with Crippen LogP contribution in [0.1, 0.15) is 36.0 Å². The van der Waals surface area contributed by atoms with E-state index >= 15 is 0 Å². The van der Waals surface area contributed by atoms with E-state index in [-0.39, 0.29) is 5.91 Å². The maximum absolute atomic E-state index is 12.6. The Balaban J connectivity index is 1.32. The van der Waals surface area contributed by atoms with Crippen LogP contribution in [-0.4, -0.2) is 66.5 Å². The summed E-state index contributed by atoms with van der Waals surface area (Å²) >= 11 is 0. The molecular formula is C23H30N4O2. The lowest BCUT2D eigenvalue weighted by atomic mass is 10.1. The predicted octanol–water partition coefficient (Wildman–Crippen LogP) is 3.44. The van der Waals surface area contributed by atoms with Gasteiger partial charge < -0.3 is 19.5 Å². The van der Waals surface area contributed by atoms with Crippen LogP contribution in [-0.2, 0) is 0 Å². The monoisotopic (exact) mass is 394 g/mol. The molecule has 0 bridgehead atoms. The number of hydrogen-bond donors (Lipinski definition) is 1. The Kier molecular flexibility index (Phi) is 6.11. The second-order valence-electron chi connectivity index (χ2n) is 7.86. The molecule has 0 radical (unpaired) electrons. The first-order valence-corrected chi connectivity index (χ1v) is 10.7. The van der Waals surface area contributed by atoms with Crippen LogP contribution < -0.4 is 5.32 Å². The number of nitrogens with one attached hydrogen (secondary N) is 1. The zero-order chi connectivity index (χ0) is 20.2. The molecule has 1 N–H and O–H groups in total. The molecule has 0 spiro atoms. The molecule has 4 rings (SSSR count). The number of amides is 1. The summed E-state index contributed by atoms with van der Waals surface area (Å²) in [5, 5.41) is 4.85. The normalized spacial score (nSPS) is 15.9. The highest BCUT2D eigenvalue weighted by atomic mass is 16.3. The van der Waals surface area contributed by atoms with Crippen LogP contribution in [0.3, 0.4) is 0 Å². The molecule has 3 aromatic rings. The van der Waals surface area contributed by atoms with Gasteiger partial charge in [-0.2, -0.15) is 0 Å². The number of para-hydroxylation sites is 1. The molecule has 0 atom stereocenters. The third-order valence-corrected chi connectivity index (χ3v) is 5.72. The SMILES string of the molecule is CCCN1CCN(CCCNC(=O)c2cc3c(C)nc4ccccc4c3o2)CC1. The van der Waals surface area contributed by atoms with E-state index < -0.39 is 0 Å². The lowest BCUT2D eigenvalue weighted by Gasteiger charge is -2.34. The highest BCUT2D eigenvalue weighted by Crippen LogP contribution is 2.29. The number of nitrogens with zero attached hydrogens (tertiary/aromatic N) is 3. The quantitative estimate of drug-likeness (QED) is 0.622. The molecule has 1 aromatic carbocycles. The van der Waals surface area contributed by atoms with E-state index in [0.29, 0.717) is 12.3 Å². The number of aromatic nitrogens is 1. The van der Waals surface area contributed by atoms with Crippen LogP contribution >= 0.6 is 0 Å². The van der Waals surface area contributed by atoms with Gasteiger partial charge in [-0.15, -0.1) is 0 Å². The summed E-state index contributed by atoms with van der Waals surface area (Å²) in [4.78, 5) is 22.2. The molecule has 6 heteroatoms. The maximum Gasteiger partial charge on any atom is 0.287 e. The van der Waals surface area contributed by atoms with Crippen molar-refractivity contribution in [1.29, 1.82) is 0 Å². The maximum atomic E-state index is 12.6. The lowest BCUT2D eigenvalue weighted by molar-refractivity contribution is 0.0922. The zero-order valence-corrected chi connectivity index (χ0v) is 17.4. The number of carbonyl (C=O) groups excluding carboxylic acids is 1. The van der Waals surface area contributed by atoms with E-state index in [1.807, 2.05) is 37.3 Å². The van der Waals surface area contributed by atoms with E-state index in [1.54, 1.807) is 0 Å². The van der Waals surface area contributed by atoms with Crippen LogP contribution in [0.5, 0.6) is 0 Å². The molecule has 2 aromatic heterocycles. The Morgan fingerprint density at radius 3 is 2.59 bits per heavy atom. The second kappa shape index (κ2) is 8.93. The largest absolute Gasteiger partial charge is 0.450 e. The number of aryl methyl sites for hydroxylation is 1. The molecule has 1 fully saturated rings. The molecule has 0 unspecified atom stereocenters. The van der Waals surface area contributed by atoms with Crippen LogP contribution in [0.2, 0.25) is 0 Å². The second-order valence-corrected chi connectivity index (χ2v) is 7.86. The minimum absolute atomic E-state index is 0.155. The van der Waals surface area contributed by atoms with Crippen molar-refractivity contribution in [1.82, 2.24) is 20.1 Å². The minimum Gasteiger partial charge on any atom is -0.450 e. The Morgan fingerprint density at radius 2 is 1.83 bits per heavy atom. The number of benzene rings is 1. The Hall–Kier alpha value is -2.44. The topological polar surface area (TPSA) is 61.6 Å². The fraction of sp³-hybridized carbons (Fsp3) is 0.478. The molecule has 1 aliphatic rings. The number of fused-ring (bicyclic) bond motifs is 3. The van der Waals surface area contributed by atoms with Crippen LogP contribution in [0.15, 0.2) is 34.7 Å². The minimum atomic E-state index is -0.155. The van der Waals surface area contributed by atoms with Gasteiger partial charge in [0.15, 0.2) is 5.76 Å². The van der Waals surface area contributed by atoms with Crippen molar-refractivity contribution in [2.45, 2.75) is 26.7 Å². The average Bonchev–Trinajstić information content (AvgIpc) is 3.19. The summed E-state index contributed by atoms with van der Waals surface area (Å²) in [5.41, 5.74) is 2.50. The van der Waals surface area contributed by atoms with Gasteiger partial charge in [-0.1, -0.05) is 19.1 Å². The number of carbonyl (C=O) groups is 1. The number of hydrogen-bond acceptors (Lipinski definition) is 5. The van der Waals surface area contributed by atoms with Gasteiger partial charge in [-0.3, -0.25) is 9.78 Å². The fourth-order valence-electron chi connectivity index (χ4n) is 4.12. The highest BCUT2D eigenvalue weighted by Gasteiger charge is 2.17. The van der Waals surface area contributed by atoms with Crippen molar-refractivity contribution in [2.75, 3.05) is 45.8 Å². The smallest absolute Gasteiger partial charge is 0.287 e. The molecule has 1 amide bonds. The van der Waals surface area contributed by atoms with Crippen LogP contribution in [0.25, 0.3) is 21.9 Å². The molecule has 1 aliphatic heterocycles. The number of rotatable bonds is 7. The van der Waals surface area contributed by atoms with E-state index in [9.17, 15) is 4.79 Å². The van der Waals surface area contributed by atoms with E-state index in [1.165, 1.54) is 13.0 Å². The molecule has 29 heavy (non-hydrogen) atoms. The molecule has 6 nitrogen and oxygen atoms in total.